The number of carbonyl (C=O) groups excluding carboxylic acids is 2. The van der Waals surface area contributed by atoms with Crippen LogP contribution in [0.2, 0.25) is 5.02 Å². The number of hydrogen-bond donors (Lipinski definition) is 4. The molecule has 37 heavy (non-hydrogen) atoms. The van der Waals surface area contributed by atoms with E-state index >= 15 is 0 Å². The van der Waals surface area contributed by atoms with Crippen molar-refractivity contribution in [2.45, 2.75) is 13.5 Å². The van der Waals surface area contributed by atoms with Gasteiger partial charge < -0.3 is 20.2 Å². The van der Waals surface area contributed by atoms with E-state index in [9.17, 15) is 22.8 Å². The van der Waals surface area contributed by atoms with E-state index in [0.717, 1.165) is 6.26 Å². The number of amides is 3. The molecule has 4 N–H and O–H groups in total. The van der Waals surface area contributed by atoms with Gasteiger partial charge in [-0.05, 0) is 55.0 Å². The second kappa shape index (κ2) is 10.5. The molecular formula is C25H24ClN5O5S. The number of sulfonamides is 1. The Hall–Kier alpha value is -4.09. The van der Waals surface area contributed by atoms with E-state index in [-0.39, 0.29) is 29.4 Å². The summed E-state index contributed by atoms with van der Waals surface area (Å²) in [7, 11) is -3.92. The molecule has 0 spiro atoms. The molecule has 3 amide bonds. The molecule has 0 aliphatic carbocycles. The fourth-order valence-corrected chi connectivity index (χ4v) is 4.71. The number of carbonyl (C=O) groups is 2. The number of H-pyrrole nitrogens is 1. The van der Waals surface area contributed by atoms with Gasteiger partial charge in [0, 0.05) is 52.0 Å². The number of nitrogens with zero attached hydrogens (tertiary/aromatic N) is 1. The predicted octanol–water partition coefficient (Wildman–Crippen LogP) is 3.53. The number of fused-ring (bicyclic) bond motifs is 1. The summed E-state index contributed by atoms with van der Waals surface area (Å²) in [6, 6.07) is 14.8. The molecule has 4 rings (SSSR count). The number of pyridine rings is 1. The zero-order chi connectivity index (χ0) is 26.7. The highest BCUT2D eigenvalue weighted by Gasteiger charge is 2.27. The van der Waals surface area contributed by atoms with Crippen molar-refractivity contribution >= 4 is 50.2 Å². The average molecular weight is 542 g/mol. The zero-order valence-corrected chi connectivity index (χ0v) is 21.5. The number of halogens is 1. The third-order valence-corrected chi connectivity index (χ3v) is 6.26. The standard InChI is InChI=1S/C25H24ClN5O5S/c1-3-27-25(34)29-17-7-4-6-15(12-17)14-31-20-10-9-16(26)13-19(20)21(18-8-5-11-28-23(18)32)22(31)24(33)30-37(2,35)36/h4-13H,3,14H2,1-2H3,(H,28,32)(H,30,33)(H2,27,29,34). The third kappa shape index (κ3) is 5.84. The highest BCUT2D eigenvalue weighted by molar-refractivity contribution is 7.89. The molecule has 0 aliphatic rings. The van der Waals surface area contributed by atoms with Crippen molar-refractivity contribution in [1.82, 2.24) is 19.6 Å². The van der Waals surface area contributed by atoms with Crippen LogP contribution < -0.4 is 20.9 Å². The van der Waals surface area contributed by atoms with Gasteiger partial charge in [-0.2, -0.15) is 0 Å². The molecule has 0 aliphatic heterocycles. The second-order valence-corrected chi connectivity index (χ2v) is 10.5. The Bertz CT molecular complexity index is 1680. The van der Waals surface area contributed by atoms with E-state index in [1.54, 1.807) is 66.1 Å². The molecule has 0 radical (unpaired) electrons. The molecule has 4 aromatic rings. The first kappa shape index (κ1) is 26.0. The first-order chi connectivity index (χ1) is 17.6. The summed E-state index contributed by atoms with van der Waals surface area (Å²) in [5, 5.41) is 6.27. The van der Waals surface area contributed by atoms with Gasteiger partial charge in [0.15, 0.2) is 0 Å². The van der Waals surface area contributed by atoms with Crippen LogP contribution in [0.4, 0.5) is 10.5 Å². The van der Waals surface area contributed by atoms with E-state index in [1.165, 1.54) is 6.20 Å². The summed E-state index contributed by atoms with van der Waals surface area (Å²) >= 11 is 6.28. The Kier molecular flexibility index (Phi) is 7.37. The van der Waals surface area contributed by atoms with Crippen molar-refractivity contribution in [3.8, 4) is 11.1 Å². The molecule has 0 saturated carbocycles. The zero-order valence-electron chi connectivity index (χ0n) is 20.0. The quantitative estimate of drug-likeness (QED) is 0.283. The van der Waals surface area contributed by atoms with Crippen LogP contribution in [0.5, 0.6) is 0 Å². The molecule has 0 saturated heterocycles. The van der Waals surface area contributed by atoms with E-state index in [2.05, 4.69) is 15.6 Å². The first-order valence-corrected chi connectivity index (χ1v) is 13.5. The molecule has 2 heterocycles. The van der Waals surface area contributed by atoms with E-state index in [1.807, 2.05) is 4.72 Å². The van der Waals surface area contributed by atoms with Crippen molar-refractivity contribution in [3.63, 3.8) is 0 Å². The van der Waals surface area contributed by atoms with Gasteiger partial charge in [0.2, 0.25) is 10.0 Å². The molecule has 2 aromatic carbocycles. The van der Waals surface area contributed by atoms with E-state index in [0.29, 0.717) is 33.7 Å². The molecule has 0 unspecified atom stereocenters. The maximum absolute atomic E-state index is 13.4. The van der Waals surface area contributed by atoms with Gasteiger partial charge in [0.25, 0.3) is 11.5 Å². The first-order valence-electron chi connectivity index (χ1n) is 11.2. The summed E-state index contributed by atoms with van der Waals surface area (Å²) in [6.45, 7) is 2.39. The lowest BCUT2D eigenvalue weighted by atomic mass is 10.0. The molecule has 12 heteroatoms. The third-order valence-electron chi connectivity index (χ3n) is 5.47. The van der Waals surface area contributed by atoms with Crippen LogP contribution in [0.25, 0.3) is 22.0 Å². The SMILES string of the molecule is CCNC(=O)Nc1cccc(Cn2c(C(=O)NS(C)(=O)=O)c(-c3ccc[nH]c3=O)c3cc(Cl)ccc32)c1. The highest BCUT2D eigenvalue weighted by Crippen LogP contribution is 2.36. The minimum atomic E-state index is -3.92. The van der Waals surface area contributed by atoms with Gasteiger partial charge in [-0.1, -0.05) is 23.7 Å². The Morgan fingerprint density at radius 1 is 1.08 bits per heavy atom. The number of anilines is 1. The summed E-state index contributed by atoms with van der Waals surface area (Å²) < 4.78 is 27.6. The Balaban J connectivity index is 1.95. The fraction of sp³-hybridized carbons (Fsp3) is 0.160. The number of urea groups is 1. The Morgan fingerprint density at radius 2 is 1.86 bits per heavy atom. The number of nitrogens with one attached hydrogen (secondary N) is 4. The lowest BCUT2D eigenvalue weighted by Gasteiger charge is -2.13. The number of benzene rings is 2. The largest absolute Gasteiger partial charge is 0.338 e. The van der Waals surface area contributed by atoms with Gasteiger partial charge >= 0.3 is 6.03 Å². The van der Waals surface area contributed by atoms with Crippen molar-refractivity contribution < 1.29 is 18.0 Å². The molecule has 0 bridgehead atoms. The van der Waals surface area contributed by atoms with Crippen molar-refractivity contribution in [2.75, 3.05) is 18.1 Å². The summed E-state index contributed by atoms with van der Waals surface area (Å²) in [4.78, 5) is 40.7. The van der Waals surface area contributed by atoms with Crippen LogP contribution in [0.1, 0.15) is 23.0 Å². The minimum Gasteiger partial charge on any atom is -0.338 e. The monoisotopic (exact) mass is 541 g/mol. The highest BCUT2D eigenvalue weighted by atomic mass is 35.5. The molecule has 192 valence electrons. The van der Waals surface area contributed by atoms with E-state index in [4.69, 9.17) is 11.6 Å². The normalized spacial score (nSPS) is 11.3. The smallest absolute Gasteiger partial charge is 0.319 e. The lowest BCUT2D eigenvalue weighted by Crippen LogP contribution is -2.32. The van der Waals surface area contributed by atoms with Gasteiger partial charge in [-0.25, -0.2) is 17.9 Å². The van der Waals surface area contributed by atoms with Crippen LogP contribution in [0.15, 0.2) is 65.6 Å². The Labute approximate surface area is 217 Å². The van der Waals surface area contributed by atoms with E-state index < -0.39 is 21.5 Å². The number of rotatable bonds is 7. The van der Waals surface area contributed by atoms with Crippen LogP contribution in [0, 0.1) is 0 Å². The maximum atomic E-state index is 13.4. The van der Waals surface area contributed by atoms with Crippen LogP contribution in [0.3, 0.4) is 0 Å². The van der Waals surface area contributed by atoms with Gasteiger partial charge in [-0.15, -0.1) is 0 Å². The maximum Gasteiger partial charge on any atom is 0.319 e. The molecule has 10 nitrogen and oxygen atoms in total. The predicted molar refractivity (Wildman–Crippen MR) is 144 cm³/mol. The van der Waals surface area contributed by atoms with Gasteiger partial charge in [0.1, 0.15) is 5.69 Å². The minimum absolute atomic E-state index is 0.0264. The van der Waals surface area contributed by atoms with Crippen molar-refractivity contribution in [3.05, 3.63) is 87.4 Å². The number of aromatic nitrogens is 2. The van der Waals surface area contributed by atoms with Crippen LogP contribution in [-0.2, 0) is 16.6 Å². The average Bonchev–Trinajstić information content (AvgIpc) is 3.11. The fourth-order valence-electron chi connectivity index (χ4n) is 4.10. The summed E-state index contributed by atoms with van der Waals surface area (Å²) in [5.74, 6) is -0.898. The second-order valence-electron chi connectivity index (χ2n) is 8.27. The van der Waals surface area contributed by atoms with Gasteiger partial charge in [-0.3, -0.25) is 9.59 Å². The molecule has 0 atom stereocenters. The van der Waals surface area contributed by atoms with Crippen molar-refractivity contribution in [1.29, 1.82) is 0 Å². The molecular weight excluding hydrogens is 518 g/mol. The van der Waals surface area contributed by atoms with Crippen LogP contribution >= 0.6 is 11.6 Å². The number of hydrogen-bond acceptors (Lipinski definition) is 5. The van der Waals surface area contributed by atoms with Crippen LogP contribution in [-0.4, -0.2) is 42.7 Å². The topological polar surface area (TPSA) is 142 Å². The molecule has 0 fully saturated rings. The Morgan fingerprint density at radius 3 is 2.57 bits per heavy atom. The van der Waals surface area contributed by atoms with Crippen molar-refractivity contribution in [2.24, 2.45) is 0 Å². The molecule has 2 aromatic heterocycles. The number of aromatic amines is 1. The summed E-state index contributed by atoms with van der Waals surface area (Å²) in [6.07, 6.45) is 2.34. The lowest BCUT2D eigenvalue weighted by molar-refractivity contribution is 0.0974. The summed E-state index contributed by atoms with van der Waals surface area (Å²) in [5.41, 5.74) is 1.75. The van der Waals surface area contributed by atoms with Gasteiger partial charge in [0.05, 0.1) is 6.26 Å².